The zero-order valence-corrected chi connectivity index (χ0v) is 21.9. The van der Waals surface area contributed by atoms with Gasteiger partial charge in [0.05, 0.1) is 11.3 Å². The van der Waals surface area contributed by atoms with Gasteiger partial charge in [-0.3, -0.25) is 9.36 Å². The van der Waals surface area contributed by atoms with Gasteiger partial charge >= 0.3 is 6.18 Å². The Morgan fingerprint density at radius 1 is 0.947 bits per heavy atom. The second-order valence-electron chi connectivity index (χ2n) is 8.91. The highest BCUT2D eigenvalue weighted by atomic mass is 32.2. The van der Waals surface area contributed by atoms with E-state index in [2.05, 4.69) is 29.4 Å². The van der Waals surface area contributed by atoms with Crippen LogP contribution in [0.1, 0.15) is 49.7 Å². The molecular formula is C28H27F3N4O2S. The van der Waals surface area contributed by atoms with E-state index in [-0.39, 0.29) is 17.3 Å². The minimum Gasteiger partial charge on any atom is -0.483 e. The third-order valence-corrected chi connectivity index (χ3v) is 6.65. The van der Waals surface area contributed by atoms with E-state index in [4.69, 9.17) is 4.74 Å². The van der Waals surface area contributed by atoms with Crippen LogP contribution in [0.3, 0.4) is 0 Å². The number of benzene rings is 3. The van der Waals surface area contributed by atoms with Crippen LogP contribution in [0.2, 0.25) is 0 Å². The van der Waals surface area contributed by atoms with Crippen LogP contribution in [-0.2, 0) is 11.0 Å². The molecule has 0 aliphatic rings. The van der Waals surface area contributed by atoms with E-state index in [0.29, 0.717) is 22.6 Å². The fourth-order valence-corrected chi connectivity index (χ4v) is 4.47. The van der Waals surface area contributed by atoms with E-state index in [1.54, 1.807) is 0 Å². The minimum absolute atomic E-state index is 0.0160. The van der Waals surface area contributed by atoms with Gasteiger partial charge in [-0.1, -0.05) is 55.9 Å². The molecule has 1 N–H and O–H groups in total. The van der Waals surface area contributed by atoms with Crippen LogP contribution in [0.25, 0.3) is 5.69 Å². The molecule has 10 heteroatoms. The normalized spacial score (nSPS) is 12.4. The summed E-state index contributed by atoms with van der Waals surface area (Å²) in [4.78, 5) is 12.5. The van der Waals surface area contributed by atoms with Gasteiger partial charge in [-0.25, -0.2) is 0 Å². The van der Waals surface area contributed by atoms with Gasteiger partial charge in [0.25, 0.3) is 0 Å². The SMILES string of the molecule is CC(C)c1ccc(OC(C)c2nnc(SCC(=O)Nc3ccc(C(F)(F)F)cc3)n2-c2ccccc2)cc1. The highest BCUT2D eigenvalue weighted by molar-refractivity contribution is 7.99. The summed E-state index contributed by atoms with van der Waals surface area (Å²) in [6, 6.07) is 21.7. The van der Waals surface area contributed by atoms with E-state index in [1.165, 1.54) is 29.5 Å². The summed E-state index contributed by atoms with van der Waals surface area (Å²) in [6.07, 6.45) is -4.88. The maximum absolute atomic E-state index is 12.8. The lowest BCUT2D eigenvalue weighted by Gasteiger charge is -2.17. The third kappa shape index (κ3) is 6.74. The number of hydrogen-bond acceptors (Lipinski definition) is 5. The van der Waals surface area contributed by atoms with Gasteiger partial charge in [-0.2, -0.15) is 13.2 Å². The van der Waals surface area contributed by atoms with Gasteiger partial charge in [0.2, 0.25) is 5.91 Å². The summed E-state index contributed by atoms with van der Waals surface area (Å²) < 4.78 is 46.3. The van der Waals surface area contributed by atoms with Crippen molar-refractivity contribution in [3.05, 3.63) is 95.8 Å². The first-order valence-corrected chi connectivity index (χ1v) is 13.0. The second kappa shape index (κ2) is 11.7. The van der Waals surface area contributed by atoms with Gasteiger partial charge in [0.15, 0.2) is 17.1 Å². The molecule has 0 spiro atoms. The third-order valence-electron chi connectivity index (χ3n) is 5.72. The van der Waals surface area contributed by atoms with Crippen molar-refractivity contribution in [2.45, 2.75) is 44.1 Å². The quantitative estimate of drug-likeness (QED) is 0.226. The maximum Gasteiger partial charge on any atom is 0.416 e. The Balaban J connectivity index is 1.48. The Morgan fingerprint density at radius 3 is 2.21 bits per heavy atom. The Bertz CT molecular complexity index is 1360. The van der Waals surface area contributed by atoms with Gasteiger partial charge < -0.3 is 10.1 Å². The van der Waals surface area contributed by atoms with Gasteiger partial charge in [-0.15, -0.1) is 10.2 Å². The van der Waals surface area contributed by atoms with Crippen molar-refractivity contribution in [1.82, 2.24) is 14.8 Å². The smallest absolute Gasteiger partial charge is 0.416 e. The van der Waals surface area contributed by atoms with E-state index in [0.717, 1.165) is 17.8 Å². The highest BCUT2D eigenvalue weighted by Crippen LogP contribution is 2.31. The molecule has 198 valence electrons. The summed E-state index contributed by atoms with van der Waals surface area (Å²) in [6.45, 7) is 6.14. The molecule has 6 nitrogen and oxygen atoms in total. The molecular weight excluding hydrogens is 513 g/mol. The molecule has 0 aliphatic heterocycles. The van der Waals surface area contributed by atoms with Crippen LogP contribution in [0.5, 0.6) is 5.75 Å². The molecule has 0 fully saturated rings. The first-order chi connectivity index (χ1) is 18.1. The first kappa shape index (κ1) is 27.3. The number of anilines is 1. The minimum atomic E-state index is -4.43. The largest absolute Gasteiger partial charge is 0.483 e. The van der Waals surface area contributed by atoms with E-state index in [1.807, 2.05) is 66.1 Å². The van der Waals surface area contributed by atoms with Crippen LogP contribution >= 0.6 is 11.8 Å². The fourth-order valence-electron chi connectivity index (χ4n) is 3.72. The number of para-hydroxylation sites is 1. The molecule has 1 heterocycles. The van der Waals surface area contributed by atoms with Crippen molar-refractivity contribution in [2.24, 2.45) is 0 Å². The molecule has 0 radical (unpaired) electrons. The number of amides is 1. The number of nitrogens with zero attached hydrogens (tertiary/aromatic N) is 3. The molecule has 38 heavy (non-hydrogen) atoms. The van der Waals surface area contributed by atoms with Crippen molar-refractivity contribution in [2.75, 3.05) is 11.1 Å². The molecule has 1 unspecified atom stereocenters. The highest BCUT2D eigenvalue weighted by Gasteiger charge is 2.30. The molecule has 4 rings (SSSR count). The van der Waals surface area contributed by atoms with Crippen molar-refractivity contribution >= 4 is 23.4 Å². The number of hydrogen-bond donors (Lipinski definition) is 1. The van der Waals surface area contributed by atoms with E-state index in [9.17, 15) is 18.0 Å². The van der Waals surface area contributed by atoms with Crippen molar-refractivity contribution in [3.8, 4) is 11.4 Å². The molecule has 1 amide bonds. The second-order valence-corrected chi connectivity index (χ2v) is 9.85. The fraction of sp³-hybridized carbons (Fsp3) is 0.250. The lowest BCUT2D eigenvalue weighted by molar-refractivity contribution is -0.137. The van der Waals surface area contributed by atoms with Crippen LogP contribution in [0.15, 0.2) is 84.0 Å². The van der Waals surface area contributed by atoms with Gasteiger partial charge in [0, 0.05) is 11.4 Å². The number of carbonyl (C=O) groups excluding carboxylic acids is 1. The summed E-state index contributed by atoms with van der Waals surface area (Å²) >= 11 is 1.17. The first-order valence-electron chi connectivity index (χ1n) is 12.0. The number of halogens is 3. The number of ether oxygens (including phenoxy) is 1. The lowest BCUT2D eigenvalue weighted by atomic mass is 10.0. The molecule has 4 aromatic rings. The summed E-state index contributed by atoms with van der Waals surface area (Å²) in [5.74, 6) is 1.29. The number of rotatable bonds is 9. The number of aromatic nitrogens is 3. The van der Waals surface area contributed by atoms with Crippen LogP contribution in [0, 0.1) is 0 Å². The summed E-state index contributed by atoms with van der Waals surface area (Å²) in [7, 11) is 0. The predicted octanol–water partition coefficient (Wildman–Crippen LogP) is 7.28. The molecule has 0 bridgehead atoms. The van der Waals surface area contributed by atoms with Gasteiger partial charge in [-0.05, 0) is 66.9 Å². The van der Waals surface area contributed by atoms with Crippen LogP contribution < -0.4 is 10.1 Å². The Morgan fingerprint density at radius 2 is 1.61 bits per heavy atom. The van der Waals surface area contributed by atoms with E-state index < -0.39 is 17.8 Å². The Labute approximate surface area is 223 Å². The van der Waals surface area contributed by atoms with Crippen molar-refractivity contribution in [3.63, 3.8) is 0 Å². The molecule has 0 saturated heterocycles. The van der Waals surface area contributed by atoms with Crippen LogP contribution in [-0.4, -0.2) is 26.4 Å². The topological polar surface area (TPSA) is 69.0 Å². The van der Waals surface area contributed by atoms with E-state index >= 15 is 0 Å². The average molecular weight is 541 g/mol. The Kier molecular flexibility index (Phi) is 8.41. The number of alkyl halides is 3. The monoisotopic (exact) mass is 540 g/mol. The molecule has 1 aromatic heterocycles. The molecule has 1 atom stereocenters. The zero-order valence-electron chi connectivity index (χ0n) is 21.1. The average Bonchev–Trinajstić information content (AvgIpc) is 3.32. The predicted molar refractivity (Wildman–Crippen MR) is 142 cm³/mol. The standard InChI is InChI=1S/C28H27F3N4O2S/c1-18(2)20-9-15-24(16-10-20)37-19(3)26-33-34-27(35(26)23-7-5-4-6-8-23)38-17-25(36)32-22-13-11-21(12-14-22)28(29,30)31/h4-16,18-19H,17H2,1-3H3,(H,32,36). The number of nitrogens with one attached hydrogen (secondary N) is 1. The molecule has 0 aliphatic carbocycles. The lowest BCUT2D eigenvalue weighted by Crippen LogP contribution is -2.15. The van der Waals surface area contributed by atoms with Crippen molar-refractivity contribution in [1.29, 1.82) is 0 Å². The maximum atomic E-state index is 12.8. The van der Waals surface area contributed by atoms with Crippen molar-refractivity contribution < 1.29 is 22.7 Å². The summed E-state index contributed by atoms with van der Waals surface area (Å²) in [5.41, 5.74) is 1.52. The summed E-state index contributed by atoms with van der Waals surface area (Å²) in [5, 5.41) is 11.8. The Hall–Kier alpha value is -3.79. The molecule has 3 aromatic carbocycles. The molecule has 0 saturated carbocycles. The zero-order chi connectivity index (χ0) is 27.3. The van der Waals surface area contributed by atoms with Crippen LogP contribution in [0.4, 0.5) is 18.9 Å². The number of thioether (sulfide) groups is 1. The van der Waals surface area contributed by atoms with Gasteiger partial charge in [0.1, 0.15) is 5.75 Å². The number of carbonyl (C=O) groups is 1.